The normalized spacial score (nSPS) is 21.2. The molecule has 10 heteroatoms. The van der Waals surface area contributed by atoms with Crippen LogP contribution >= 0.6 is 12.6 Å². The molecule has 1 aromatic heterocycles. The molecule has 0 spiro atoms. The molecule has 0 amide bonds. The van der Waals surface area contributed by atoms with E-state index in [1.54, 1.807) is 30.7 Å². The number of carbonyl (C=O) groups excluding carboxylic acids is 1. The molecule has 1 aliphatic heterocycles. The van der Waals surface area contributed by atoms with Crippen molar-refractivity contribution in [1.29, 1.82) is 0 Å². The van der Waals surface area contributed by atoms with Gasteiger partial charge in [0.15, 0.2) is 5.78 Å². The van der Waals surface area contributed by atoms with Crippen molar-refractivity contribution in [3.63, 3.8) is 0 Å². The van der Waals surface area contributed by atoms with E-state index < -0.39 is 18.2 Å². The van der Waals surface area contributed by atoms with Gasteiger partial charge >= 0.3 is 12.1 Å². The van der Waals surface area contributed by atoms with E-state index in [9.17, 15) is 22.4 Å². The van der Waals surface area contributed by atoms with E-state index in [2.05, 4.69) is 11.0 Å². The lowest BCUT2D eigenvalue weighted by Crippen LogP contribution is -2.42. The molecule has 1 saturated heterocycles. The second kappa shape index (κ2) is 10.6. The van der Waals surface area contributed by atoms with Gasteiger partial charge < -0.3 is 9.52 Å². The first kappa shape index (κ1) is 25.0. The Morgan fingerprint density at radius 1 is 1.18 bits per heavy atom. The number of likely N-dealkylation sites (tertiary alicyclic amines) is 1. The van der Waals surface area contributed by atoms with Gasteiger partial charge in [-0.25, -0.2) is 9.18 Å². The fourth-order valence-corrected chi connectivity index (χ4v) is 3.92. The number of piperidine rings is 1. The Hall–Kier alpha value is -2.59. The topological polar surface area (TPSA) is 70.8 Å². The number of furan rings is 1. The second-order valence-electron chi connectivity index (χ2n) is 7.95. The lowest BCUT2D eigenvalue weighted by Gasteiger charge is -2.37. The van der Waals surface area contributed by atoms with Crippen molar-refractivity contribution in [2.75, 3.05) is 13.1 Å². The summed E-state index contributed by atoms with van der Waals surface area (Å²) >= 11 is 4.70. The summed E-state index contributed by atoms with van der Waals surface area (Å²) in [6, 6.07) is 8.04. The summed E-state index contributed by atoms with van der Waals surface area (Å²) in [7, 11) is 0. The molecular weight excluding hydrogens is 462 g/mol. The maximum absolute atomic E-state index is 14.5. The molecule has 1 aliphatic carbocycles. The summed E-state index contributed by atoms with van der Waals surface area (Å²) in [4.78, 5) is 24.0. The Morgan fingerprint density at radius 3 is 2.39 bits per heavy atom. The molecule has 0 bridgehead atoms. The number of alkyl halides is 3. The van der Waals surface area contributed by atoms with Crippen LogP contribution in [0.3, 0.4) is 0 Å². The fraction of sp³-hybridized carbons (Fsp3) is 0.391. The molecule has 2 atom stereocenters. The number of aliphatic carboxylic acids is 1. The van der Waals surface area contributed by atoms with E-state index in [4.69, 9.17) is 26.9 Å². The SMILES string of the molecule is O=C(C1CC1)C(c1ccccc1F)N1CCC(S)C(=Cc2ccoc2)C1.O=C(O)C(F)(F)F. The number of nitrogens with zero attached hydrogens (tertiary/aromatic N) is 1. The fourth-order valence-electron chi connectivity index (χ4n) is 3.64. The maximum atomic E-state index is 14.5. The monoisotopic (exact) mass is 485 g/mol. The predicted molar refractivity (Wildman–Crippen MR) is 116 cm³/mol. The Morgan fingerprint density at radius 2 is 1.85 bits per heavy atom. The average molecular weight is 485 g/mol. The standard InChI is InChI=1S/C21H22FNO2S.C2HF3O2/c22-18-4-2-1-3-17(18)20(21(24)15-5-6-15)23-9-7-19(26)16(12-23)11-14-8-10-25-13-14;3-2(4,5)1(6)7/h1-4,8,10-11,13,15,19-20,26H,5-7,9,12H2;(H,6,7). The zero-order valence-corrected chi connectivity index (χ0v) is 18.4. The molecule has 2 aromatic rings. The summed E-state index contributed by atoms with van der Waals surface area (Å²) in [5.41, 5.74) is 2.60. The molecule has 1 aromatic carbocycles. The average Bonchev–Trinajstić information content (AvgIpc) is 3.48. The van der Waals surface area contributed by atoms with Gasteiger partial charge in [-0.1, -0.05) is 24.3 Å². The number of hydrogen-bond donors (Lipinski definition) is 2. The van der Waals surface area contributed by atoms with Gasteiger partial charge in [0.25, 0.3) is 0 Å². The van der Waals surface area contributed by atoms with Crippen LogP contribution in [0.15, 0.2) is 52.8 Å². The summed E-state index contributed by atoms with van der Waals surface area (Å²) in [6.07, 6.45) is 2.98. The first-order valence-corrected chi connectivity index (χ1v) is 10.8. The quantitative estimate of drug-likeness (QED) is 0.452. The van der Waals surface area contributed by atoms with Crippen LogP contribution in [0.1, 0.15) is 36.4 Å². The molecule has 2 aliphatic rings. The van der Waals surface area contributed by atoms with Crippen molar-refractivity contribution in [1.82, 2.24) is 4.90 Å². The van der Waals surface area contributed by atoms with E-state index in [0.717, 1.165) is 36.9 Å². The highest BCUT2D eigenvalue weighted by atomic mass is 32.1. The Kier molecular flexibility index (Phi) is 8.01. The van der Waals surface area contributed by atoms with Crippen LogP contribution in [-0.2, 0) is 9.59 Å². The number of hydrogen-bond acceptors (Lipinski definition) is 5. The van der Waals surface area contributed by atoms with Gasteiger partial charge in [-0.3, -0.25) is 9.69 Å². The zero-order valence-electron chi connectivity index (χ0n) is 17.5. The lowest BCUT2D eigenvalue weighted by molar-refractivity contribution is -0.192. The molecule has 33 heavy (non-hydrogen) atoms. The summed E-state index contributed by atoms with van der Waals surface area (Å²) in [5.74, 6) is -2.84. The van der Waals surface area contributed by atoms with E-state index in [1.165, 1.54) is 6.07 Å². The molecule has 0 radical (unpaired) electrons. The number of benzene rings is 1. The minimum absolute atomic E-state index is 0.0784. The molecule has 2 heterocycles. The number of rotatable bonds is 5. The highest BCUT2D eigenvalue weighted by molar-refractivity contribution is 7.81. The van der Waals surface area contributed by atoms with Gasteiger partial charge in [-0.15, -0.1) is 0 Å². The van der Waals surface area contributed by atoms with Gasteiger partial charge in [0.05, 0.1) is 18.6 Å². The number of Topliss-reactive ketones (excluding diaryl/α,β-unsaturated/α-hetero) is 1. The molecule has 178 valence electrons. The third-order valence-electron chi connectivity index (χ3n) is 5.46. The number of carboxylic acids is 1. The van der Waals surface area contributed by atoms with Crippen LogP contribution in [-0.4, -0.2) is 46.3 Å². The largest absolute Gasteiger partial charge is 0.490 e. The smallest absolute Gasteiger partial charge is 0.475 e. The van der Waals surface area contributed by atoms with Gasteiger partial charge in [0.2, 0.25) is 0 Å². The third kappa shape index (κ3) is 6.70. The van der Waals surface area contributed by atoms with Crippen molar-refractivity contribution in [3.8, 4) is 0 Å². The van der Waals surface area contributed by atoms with Gasteiger partial charge in [-0.2, -0.15) is 25.8 Å². The molecule has 4 rings (SSSR count). The summed E-state index contributed by atoms with van der Waals surface area (Å²) in [6.45, 7) is 1.34. The van der Waals surface area contributed by atoms with Gasteiger partial charge in [0.1, 0.15) is 5.82 Å². The molecular formula is C23H23F4NO4S. The summed E-state index contributed by atoms with van der Waals surface area (Å²) in [5, 5.41) is 7.26. The summed E-state index contributed by atoms with van der Waals surface area (Å²) < 4.78 is 51.4. The van der Waals surface area contributed by atoms with E-state index in [-0.39, 0.29) is 22.8 Å². The van der Waals surface area contributed by atoms with Crippen molar-refractivity contribution in [2.45, 2.75) is 36.7 Å². The van der Waals surface area contributed by atoms with Gasteiger partial charge in [0, 0.05) is 35.4 Å². The number of thiol groups is 1. The van der Waals surface area contributed by atoms with Crippen LogP contribution in [0, 0.1) is 11.7 Å². The minimum Gasteiger partial charge on any atom is -0.475 e. The molecule has 1 saturated carbocycles. The van der Waals surface area contributed by atoms with Crippen LogP contribution in [0.25, 0.3) is 6.08 Å². The maximum Gasteiger partial charge on any atom is 0.490 e. The lowest BCUT2D eigenvalue weighted by atomic mass is 9.93. The highest BCUT2D eigenvalue weighted by Gasteiger charge is 2.41. The number of halogens is 4. The number of carbonyl (C=O) groups is 2. The van der Waals surface area contributed by atoms with E-state index >= 15 is 0 Å². The molecule has 2 unspecified atom stereocenters. The predicted octanol–water partition coefficient (Wildman–Crippen LogP) is 5.16. The van der Waals surface area contributed by atoms with Crippen LogP contribution < -0.4 is 0 Å². The third-order valence-corrected chi connectivity index (χ3v) is 6.05. The van der Waals surface area contributed by atoms with Crippen molar-refractivity contribution in [3.05, 3.63) is 65.4 Å². The van der Waals surface area contributed by atoms with Crippen molar-refractivity contribution < 1.29 is 36.7 Å². The second-order valence-corrected chi connectivity index (χ2v) is 8.58. The van der Waals surface area contributed by atoms with Crippen molar-refractivity contribution in [2.24, 2.45) is 5.92 Å². The van der Waals surface area contributed by atoms with Crippen LogP contribution in [0.5, 0.6) is 0 Å². The molecule has 1 N–H and O–H groups in total. The Balaban J connectivity index is 0.000000383. The van der Waals surface area contributed by atoms with Crippen LogP contribution in [0.4, 0.5) is 17.6 Å². The minimum atomic E-state index is -5.08. The first-order valence-electron chi connectivity index (χ1n) is 10.3. The highest BCUT2D eigenvalue weighted by Crippen LogP contribution is 2.39. The van der Waals surface area contributed by atoms with Crippen molar-refractivity contribution >= 4 is 30.5 Å². The number of carboxylic acid groups (broad SMARTS) is 1. The number of ketones is 1. The molecule has 5 nitrogen and oxygen atoms in total. The van der Waals surface area contributed by atoms with E-state index in [0.29, 0.717) is 12.1 Å². The Bertz CT molecular complexity index is 1000. The zero-order chi connectivity index (χ0) is 24.2. The van der Waals surface area contributed by atoms with Gasteiger partial charge in [-0.05, 0) is 37.0 Å². The Labute approximate surface area is 193 Å². The van der Waals surface area contributed by atoms with E-state index in [1.807, 2.05) is 6.07 Å². The first-order chi connectivity index (χ1) is 15.6. The van der Waals surface area contributed by atoms with Crippen LogP contribution in [0.2, 0.25) is 0 Å². The molecule has 2 fully saturated rings.